The first-order chi connectivity index (χ1) is 9.84. The van der Waals surface area contributed by atoms with Gasteiger partial charge in [0.25, 0.3) is 0 Å². The van der Waals surface area contributed by atoms with E-state index in [-0.39, 0.29) is 11.7 Å². The highest BCUT2D eigenvalue weighted by Gasteiger charge is 2.39. The van der Waals surface area contributed by atoms with Gasteiger partial charge in [0.05, 0.1) is 12.2 Å². The monoisotopic (exact) mass is 316 g/mol. The quantitative estimate of drug-likeness (QED) is 0.792. The summed E-state index contributed by atoms with van der Waals surface area (Å²) >= 11 is 1.43. The smallest absolute Gasteiger partial charge is 0.339 e. The van der Waals surface area contributed by atoms with Gasteiger partial charge in [-0.3, -0.25) is 4.79 Å². The summed E-state index contributed by atoms with van der Waals surface area (Å²) in [5, 5.41) is 3.56. The Bertz CT molecular complexity index is 623. The van der Waals surface area contributed by atoms with Crippen molar-refractivity contribution in [3.05, 3.63) is 41.5 Å². The van der Waals surface area contributed by atoms with Gasteiger partial charge in [0.2, 0.25) is 11.7 Å². The van der Waals surface area contributed by atoms with E-state index in [1.165, 1.54) is 11.8 Å². The van der Waals surface area contributed by atoms with Gasteiger partial charge in [0, 0.05) is 4.90 Å². The zero-order valence-corrected chi connectivity index (χ0v) is 11.8. The number of aromatic nitrogens is 2. The number of carbonyl (C=O) groups is 1. The Morgan fingerprint density at radius 3 is 2.57 bits per heavy atom. The predicted molar refractivity (Wildman–Crippen MR) is 69.8 cm³/mol. The molecule has 0 bridgehead atoms. The van der Waals surface area contributed by atoms with E-state index in [2.05, 4.69) is 14.7 Å². The normalized spacial score (nSPS) is 11.6. The summed E-state index contributed by atoms with van der Waals surface area (Å²) in [6.07, 6.45) is -5.81. The minimum absolute atomic E-state index is 0.255. The molecule has 0 aliphatic heterocycles. The standard InChI is InChI=1S/C13H11F3N2O2S/c1-8-2-4-9(5-3-8)21-7-11-17-12(20-18-11)6-10(19)13(14,15)16/h2-5H,6-7H2,1H3. The number of hydrogen-bond donors (Lipinski definition) is 0. The minimum atomic E-state index is -4.88. The number of halogens is 3. The molecule has 0 saturated heterocycles. The van der Waals surface area contributed by atoms with Crippen LogP contribution in [0, 0.1) is 6.92 Å². The van der Waals surface area contributed by atoms with E-state index in [1.807, 2.05) is 31.2 Å². The number of carbonyl (C=O) groups excluding carboxylic acids is 1. The average Bonchev–Trinajstić information content (AvgIpc) is 2.85. The summed E-state index contributed by atoms with van der Waals surface area (Å²) in [5.41, 5.74) is 1.13. The van der Waals surface area contributed by atoms with Gasteiger partial charge in [0.15, 0.2) is 5.82 Å². The lowest BCUT2D eigenvalue weighted by Crippen LogP contribution is -2.24. The third kappa shape index (κ3) is 4.59. The topological polar surface area (TPSA) is 56.0 Å². The molecular weight excluding hydrogens is 305 g/mol. The molecule has 0 aliphatic carbocycles. The average molecular weight is 316 g/mol. The fraction of sp³-hybridized carbons (Fsp3) is 0.308. The number of benzene rings is 1. The molecule has 1 aromatic carbocycles. The highest BCUT2D eigenvalue weighted by molar-refractivity contribution is 7.98. The number of aryl methyl sites for hydroxylation is 1. The van der Waals surface area contributed by atoms with Crippen molar-refractivity contribution >= 4 is 17.5 Å². The Kier molecular flexibility index (Phi) is 4.66. The molecule has 2 rings (SSSR count). The molecule has 112 valence electrons. The first-order valence-electron chi connectivity index (χ1n) is 5.95. The number of rotatable bonds is 5. The van der Waals surface area contributed by atoms with Crippen LogP contribution < -0.4 is 0 Å². The number of Topliss-reactive ketones (excluding diaryl/α,β-unsaturated/α-hetero) is 1. The lowest BCUT2D eigenvalue weighted by atomic mass is 10.2. The molecule has 21 heavy (non-hydrogen) atoms. The van der Waals surface area contributed by atoms with Crippen molar-refractivity contribution in [1.82, 2.24) is 10.1 Å². The number of nitrogens with zero attached hydrogens (tertiary/aromatic N) is 2. The molecule has 0 N–H and O–H groups in total. The van der Waals surface area contributed by atoms with Crippen molar-refractivity contribution in [1.29, 1.82) is 0 Å². The molecule has 1 heterocycles. The van der Waals surface area contributed by atoms with E-state index in [0.717, 1.165) is 10.5 Å². The van der Waals surface area contributed by atoms with Crippen LogP contribution in [-0.4, -0.2) is 22.1 Å². The van der Waals surface area contributed by atoms with Gasteiger partial charge in [-0.15, -0.1) is 11.8 Å². The number of thioether (sulfide) groups is 1. The molecule has 1 aromatic heterocycles. The van der Waals surface area contributed by atoms with Crippen LogP contribution >= 0.6 is 11.8 Å². The predicted octanol–water partition coefficient (Wildman–Crippen LogP) is 3.34. The molecule has 0 aliphatic rings. The Balaban J connectivity index is 1.91. The van der Waals surface area contributed by atoms with Crippen LogP contribution in [0.3, 0.4) is 0 Å². The van der Waals surface area contributed by atoms with Crippen LogP contribution in [-0.2, 0) is 17.0 Å². The van der Waals surface area contributed by atoms with E-state index in [4.69, 9.17) is 0 Å². The van der Waals surface area contributed by atoms with Crippen LogP contribution in [0.2, 0.25) is 0 Å². The van der Waals surface area contributed by atoms with E-state index in [1.54, 1.807) is 0 Å². The highest BCUT2D eigenvalue weighted by Crippen LogP contribution is 2.22. The zero-order valence-electron chi connectivity index (χ0n) is 11.0. The first kappa shape index (κ1) is 15.6. The zero-order chi connectivity index (χ0) is 15.5. The maximum absolute atomic E-state index is 12.1. The Morgan fingerprint density at radius 2 is 1.95 bits per heavy atom. The summed E-state index contributed by atoms with van der Waals surface area (Å²) in [6.45, 7) is 1.97. The maximum Gasteiger partial charge on any atom is 0.450 e. The van der Waals surface area contributed by atoms with E-state index >= 15 is 0 Å². The Hall–Kier alpha value is -1.83. The molecule has 0 radical (unpaired) electrons. The van der Waals surface area contributed by atoms with Crippen LogP contribution in [0.5, 0.6) is 0 Å². The van der Waals surface area contributed by atoms with Crippen LogP contribution in [0.4, 0.5) is 13.2 Å². The van der Waals surface area contributed by atoms with Crippen LogP contribution in [0.15, 0.2) is 33.7 Å². The van der Waals surface area contributed by atoms with Gasteiger partial charge in [-0.2, -0.15) is 18.2 Å². The number of alkyl halides is 3. The molecule has 0 atom stereocenters. The second-order valence-corrected chi connectivity index (χ2v) is 5.35. The molecule has 8 heteroatoms. The van der Waals surface area contributed by atoms with Crippen LogP contribution in [0.1, 0.15) is 17.3 Å². The van der Waals surface area contributed by atoms with Gasteiger partial charge in [-0.05, 0) is 19.1 Å². The van der Waals surface area contributed by atoms with Crippen molar-refractivity contribution in [3.63, 3.8) is 0 Å². The van der Waals surface area contributed by atoms with Crippen molar-refractivity contribution < 1.29 is 22.5 Å². The van der Waals surface area contributed by atoms with E-state index < -0.39 is 18.4 Å². The molecule has 2 aromatic rings. The van der Waals surface area contributed by atoms with Gasteiger partial charge < -0.3 is 4.52 Å². The second-order valence-electron chi connectivity index (χ2n) is 4.30. The van der Waals surface area contributed by atoms with E-state index in [0.29, 0.717) is 5.75 Å². The number of hydrogen-bond acceptors (Lipinski definition) is 5. The van der Waals surface area contributed by atoms with Gasteiger partial charge in [-0.25, -0.2) is 0 Å². The summed E-state index contributed by atoms with van der Waals surface area (Å²) in [6, 6.07) is 7.75. The van der Waals surface area contributed by atoms with E-state index in [9.17, 15) is 18.0 Å². The summed E-state index contributed by atoms with van der Waals surface area (Å²) in [5.74, 6) is -1.61. The third-order valence-electron chi connectivity index (χ3n) is 2.53. The Morgan fingerprint density at radius 1 is 1.29 bits per heavy atom. The summed E-state index contributed by atoms with van der Waals surface area (Å²) in [7, 11) is 0. The minimum Gasteiger partial charge on any atom is -0.339 e. The SMILES string of the molecule is Cc1ccc(SCc2noc(CC(=O)C(F)(F)F)n2)cc1. The summed E-state index contributed by atoms with van der Waals surface area (Å²) in [4.78, 5) is 15.6. The van der Waals surface area contributed by atoms with Crippen molar-refractivity contribution in [2.24, 2.45) is 0 Å². The highest BCUT2D eigenvalue weighted by atomic mass is 32.2. The third-order valence-corrected chi connectivity index (χ3v) is 3.54. The molecule has 0 saturated carbocycles. The summed E-state index contributed by atoms with van der Waals surface area (Å²) < 4.78 is 40.9. The van der Waals surface area contributed by atoms with Gasteiger partial charge in [0.1, 0.15) is 0 Å². The van der Waals surface area contributed by atoms with Crippen LogP contribution in [0.25, 0.3) is 0 Å². The lowest BCUT2D eigenvalue weighted by Gasteiger charge is -2.00. The number of ketones is 1. The first-order valence-corrected chi connectivity index (χ1v) is 6.94. The molecule has 4 nitrogen and oxygen atoms in total. The maximum atomic E-state index is 12.1. The molecule has 0 fully saturated rings. The fourth-order valence-electron chi connectivity index (χ4n) is 1.44. The largest absolute Gasteiger partial charge is 0.450 e. The molecule has 0 unspecified atom stereocenters. The molecule has 0 amide bonds. The fourth-order valence-corrected chi connectivity index (χ4v) is 2.18. The van der Waals surface area contributed by atoms with Crippen molar-refractivity contribution in [3.8, 4) is 0 Å². The second kappa shape index (κ2) is 6.30. The lowest BCUT2D eigenvalue weighted by molar-refractivity contribution is -0.170. The van der Waals surface area contributed by atoms with Gasteiger partial charge in [-0.1, -0.05) is 22.9 Å². The molecular formula is C13H11F3N2O2S. The Labute approximate surface area is 122 Å². The molecule has 0 spiro atoms. The van der Waals surface area contributed by atoms with Crippen molar-refractivity contribution in [2.75, 3.05) is 0 Å². The van der Waals surface area contributed by atoms with Gasteiger partial charge >= 0.3 is 6.18 Å². The van der Waals surface area contributed by atoms with Crippen molar-refractivity contribution in [2.45, 2.75) is 30.2 Å².